The third-order valence-electron chi connectivity index (χ3n) is 3.57. The Kier molecular flexibility index (Phi) is 6.90. The third-order valence-corrected chi connectivity index (χ3v) is 3.57. The first-order valence-electron chi connectivity index (χ1n) is 8.08. The summed E-state index contributed by atoms with van der Waals surface area (Å²) in [6.45, 7) is 2.05. The number of hydrogen-bond acceptors (Lipinski definition) is 4. The Balaban J connectivity index is 2.20. The molecule has 0 spiro atoms. The summed E-state index contributed by atoms with van der Waals surface area (Å²) in [6.07, 6.45) is 2.43. The highest BCUT2D eigenvalue weighted by atomic mass is 16.5. The summed E-state index contributed by atoms with van der Waals surface area (Å²) in [4.78, 5) is 18.8. The molecule has 24 heavy (non-hydrogen) atoms. The van der Waals surface area contributed by atoms with Crippen molar-refractivity contribution in [1.82, 2.24) is 15.2 Å². The first kappa shape index (κ1) is 18.1. The fraction of sp³-hybridized carbons (Fsp3) is 0.368. The van der Waals surface area contributed by atoms with Crippen LogP contribution < -0.4 is 5.32 Å². The lowest BCUT2D eigenvalue weighted by Gasteiger charge is -2.13. The van der Waals surface area contributed by atoms with Crippen molar-refractivity contribution in [2.45, 2.75) is 13.0 Å². The van der Waals surface area contributed by atoms with Crippen molar-refractivity contribution < 1.29 is 9.53 Å². The predicted octanol–water partition coefficient (Wildman–Crippen LogP) is 2.58. The van der Waals surface area contributed by atoms with Crippen LogP contribution in [0.25, 0.3) is 11.1 Å². The second kappa shape index (κ2) is 9.15. The molecule has 0 fully saturated rings. The Morgan fingerprint density at radius 1 is 1.25 bits per heavy atom. The Hall–Kier alpha value is -2.24. The first-order chi connectivity index (χ1) is 11.6. The van der Waals surface area contributed by atoms with Gasteiger partial charge in [0.2, 0.25) is 0 Å². The molecule has 0 saturated carbocycles. The minimum atomic E-state index is -0.153. The topological polar surface area (TPSA) is 54.5 Å². The molecule has 0 radical (unpaired) electrons. The van der Waals surface area contributed by atoms with Gasteiger partial charge in [-0.05, 0) is 43.8 Å². The van der Waals surface area contributed by atoms with Gasteiger partial charge in [-0.1, -0.05) is 24.3 Å². The summed E-state index contributed by atoms with van der Waals surface area (Å²) in [6, 6.07) is 12.0. The van der Waals surface area contributed by atoms with Gasteiger partial charge in [-0.25, -0.2) is 0 Å². The SMILES string of the molecule is COCCCNC(=O)c1ncccc1-c1cccc(CN(C)C)c1. The van der Waals surface area contributed by atoms with Gasteiger partial charge >= 0.3 is 0 Å². The molecule has 1 aromatic carbocycles. The monoisotopic (exact) mass is 327 g/mol. The van der Waals surface area contributed by atoms with Crippen LogP contribution in [-0.2, 0) is 11.3 Å². The molecule has 0 aliphatic carbocycles. The van der Waals surface area contributed by atoms with Crippen molar-refractivity contribution >= 4 is 5.91 Å². The van der Waals surface area contributed by atoms with E-state index in [1.54, 1.807) is 13.3 Å². The van der Waals surface area contributed by atoms with E-state index in [0.29, 0.717) is 18.8 Å². The molecule has 0 aliphatic rings. The van der Waals surface area contributed by atoms with Crippen molar-refractivity contribution in [2.75, 3.05) is 34.4 Å². The van der Waals surface area contributed by atoms with Crippen LogP contribution in [-0.4, -0.2) is 50.1 Å². The van der Waals surface area contributed by atoms with Crippen molar-refractivity contribution in [2.24, 2.45) is 0 Å². The number of amides is 1. The van der Waals surface area contributed by atoms with Gasteiger partial charge < -0.3 is 15.0 Å². The van der Waals surface area contributed by atoms with Crippen LogP contribution in [0.3, 0.4) is 0 Å². The van der Waals surface area contributed by atoms with E-state index in [0.717, 1.165) is 24.1 Å². The van der Waals surface area contributed by atoms with Gasteiger partial charge in [0.25, 0.3) is 5.91 Å². The number of carbonyl (C=O) groups is 1. The Morgan fingerprint density at radius 2 is 2.08 bits per heavy atom. The largest absolute Gasteiger partial charge is 0.385 e. The van der Waals surface area contributed by atoms with E-state index in [9.17, 15) is 4.79 Å². The summed E-state index contributed by atoms with van der Waals surface area (Å²) in [5.41, 5.74) is 3.51. The van der Waals surface area contributed by atoms with Gasteiger partial charge in [0, 0.05) is 38.6 Å². The summed E-state index contributed by atoms with van der Waals surface area (Å²) in [5, 5.41) is 2.90. The molecule has 0 aliphatic heterocycles. The fourth-order valence-electron chi connectivity index (χ4n) is 2.52. The Morgan fingerprint density at radius 3 is 2.83 bits per heavy atom. The zero-order valence-electron chi connectivity index (χ0n) is 14.6. The van der Waals surface area contributed by atoms with E-state index in [1.165, 1.54) is 5.56 Å². The van der Waals surface area contributed by atoms with Crippen LogP contribution in [0.2, 0.25) is 0 Å². The van der Waals surface area contributed by atoms with Crippen LogP contribution >= 0.6 is 0 Å². The Bertz CT molecular complexity index is 671. The highest BCUT2D eigenvalue weighted by Gasteiger charge is 2.14. The van der Waals surface area contributed by atoms with E-state index in [4.69, 9.17) is 4.74 Å². The number of hydrogen-bond donors (Lipinski definition) is 1. The summed E-state index contributed by atoms with van der Waals surface area (Å²) in [7, 11) is 5.73. The maximum Gasteiger partial charge on any atom is 0.270 e. The molecule has 0 atom stereocenters. The molecule has 2 rings (SSSR count). The van der Waals surface area contributed by atoms with Crippen LogP contribution in [0.1, 0.15) is 22.5 Å². The average molecular weight is 327 g/mol. The number of ether oxygens (including phenoxy) is 1. The van der Waals surface area contributed by atoms with E-state index in [2.05, 4.69) is 27.3 Å². The number of nitrogens with zero attached hydrogens (tertiary/aromatic N) is 2. The molecule has 2 aromatic rings. The lowest BCUT2D eigenvalue weighted by atomic mass is 10.0. The fourth-order valence-corrected chi connectivity index (χ4v) is 2.52. The lowest BCUT2D eigenvalue weighted by Crippen LogP contribution is -2.26. The minimum Gasteiger partial charge on any atom is -0.385 e. The molecular weight excluding hydrogens is 302 g/mol. The maximum absolute atomic E-state index is 12.4. The van der Waals surface area contributed by atoms with Crippen molar-refractivity contribution in [3.63, 3.8) is 0 Å². The smallest absolute Gasteiger partial charge is 0.270 e. The zero-order chi connectivity index (χ0) is 17.4. The van der Waals surface area contributed by atoms with Gasteiger partial charge in [-0.2, -0.15) is 0 Å². The molecule has 5 heteroatoms. The van der Waals surface area contributed by atoms with E-state index < -0.39 is 0 Å². The first-order valence-corrected chi connectivity index (χ1v) is 8.08. The lowest BCUT2D eigenvalue weighted by molar-refractivity contribution is 0.0944. The Labute approximate surface area is 143 Å². The van der Waals surface area contributed by atoms with Crippen molar-refractivity contribution in [3.8, 4) is 11.1 Å². The number of pyridine rings is 1. The number of nitrogens with one attached hydrogen (secondary N) is 1. The van der Waals surface area contributed by atoms with Crippen molar-refractivity contribution in [3.05, 3.63) is 53.9 Å². The molecular formula is C19H25N3O2. The van der Waals surface area contributed by atoms with Crippen molar-refractivity contribution in [1.29, 1.82) is 0 Å². The average Bonchev–Trinajstić information content (AvgIpc) is 2.58. The van der Waals surface area contributed by atoms with Crippen LogP contribution in [0.5, 0.6) is 0 Å². The minimum absolute atomic E-state index is 0.153. The molecule has 1 aromatic heterocycles. The van der Waals surface area contributed by atoms with E-state index in [1.807, 2.05) is 38.4 Å². The van der Waals surface area contributed by atoms with E-state index >= 15 is 0 Å². The van der Waals surface area contributed by atoms with Gasteiger partial charge in [0.15, 0.2) is 0 Å². The normalized spacial score (nSPS) is 10.8. The molecule has 1 heterocycles. The van der Waals surface area contributed by atoms with Gasteiger partial charge in [0.05, 0.1) is 0 Å². The van der Waals surface area contributed by atoms with E-state index in [-0.39, 0.29) is 5.91 Å². The molecule has 1 N–H and O–H groups in total. The summed E-state index contributed by atoms with van der Waals surface area (Å²) in [5.74, 6) is -0.153. The van der Waals surface area contributed by atoms with Gasteiger partial charge in [-0.3, -0.25) is 9.78 Å². The number of rotatable bonds is 8. The highest BCUT2D eigenvalue weighted by Crippen LogP contribution is 2.23. The van der Waals surface area contributed by atoms with Gasteiger partial charge in [0.1, 0.15) is 5.69 Å². The predicted molar refractivity (Wildman–Crippen MR) is 95.9 cm³/mol. The summed E-state index contributed by atoms with van der Waals surface area (Å²) >= 11 is 0. The molecule has 0 unspecified atom stereocenters. The van der Waals surface area contributed by atoms with Crippen LogP contribution in [0, 0.1) is 0 Å². The van der Waals surface area contributed by atoms with Crippen LogP contribution in [0.15, 0.2) is 42.6 Å². The molecule has 128 valence electrons. The number of benzene rings is 1. The molecule has 5 nitrogen and oxygen atoms in total. The highest BCUT2D eigenvalue weighted by molar-refractivity contribution is 5.98. The molecule has 0 bridgehead atoms. The number of methoxy groups -OCH3 is 1. The molecule has 1 amide bonds. The quantitative estimate of drug-likeness (QED) is 0.757. The number of aromatic nitrogens is 1. The summed E-state index contributed by atoms with van der Waals surface area (Å²) < 4.78 is 5.00. The standard InChI is InChI=1S/C19H25N3O2/c1-22(2)14-15-7-4-8-16(13-15)17-9-5-10-20-18(17)19(23)21-11-6-12-24-3/h4-5,7-10,13H,6,11-12,14H2,1-3H3,(H,21,23). The zero-order valence-corrected chi connectivity index (χ0v) is 14.6. The maximum atomic E-state index is 12.4. The number of carbonyl (C=O) groups excluding carboxylic acids is 1. The third kappa shape index (κ3) is 5.15. The second-order valence-corrected chi connectivity index (χ2v) is 5.94. The van der Waals surface area contributed by atoms with Gasteiger partial charge in [-0.15, -0.1) is 0 Å². The van der Waals surface area contributed by atoms with Crippen LogP contribution in [0.4, 0.5) is 0 Å². The second-order valence-electron chi connectivity index (χ2n) is 5.94. The molecule has 0 saturated heterocycles.